The van der Waals surface area contributed by atoms with Crippen molar-refractivity contribution >= 4 is 23.3 Å². The van der Waals surface area contributed by atoms with Crippen LogP contribution in [0.15, 0.2) is 54.6 Å². The molecule has 1 N–H and O–H groups in total. The van der Waals surface area contributed by atoms with E-state index >= 15 is 0 Å². The Bertz CT molecular complexity index is 678. The van der Waals surface area contributed by atoms with Crippen LogP contribution in [0.5, 0.6) is 0 Å². The highest BCUT2D eigenvalue weighted by atomic mass is 35.5. The molecular weight excluding hydrogens is 312 g/mol. The number of urea groups is 1. The lowest BCUT2D eigenvalue weighted by molar-refractivity contribution is -0.0407. The summed E-state index contributed by atoms with van der Waals surface area (Å²) in [5, 5.41) is 3.50. The van der Waals surface area contributed by atoms with E-state index in [4.69, 9.17) is 16.3 Å². The summed E-state index contributed by atoms with van der Waals surface area (Å²) in [5.41, 5.74) is 1.78. The highest BCUT2D eigenvalue weighted by molar-refractivity contribution is 6.30. The second kappa shape index (κ2) is 7.02. The third kappa shape index (κ3) is 3.84. The van der Waals surface area contributed by atoms with Crippen LogP contribution < -0.4 is 5.32 Å². The van der Waals surface area contributed by atoms with Gasteiger partial charge in [-0.1, -0.05) is 48.0 Å². The van der Waals surface area contributed by atoms with Crippen LogP contribution in [0.3, 0.4) is 0 Å². The zero-order chi connectivity index (χ0) is 16.2. The number of amides is 2. The van der Waals surface area contributed by atoms with Crippen molar-refractivity contribution in [2.75, 3.05) is 18.5 Å². The number of anilines is 1. The van der Waals surface area contributed by atoms with Gasteiger partial charge in [-0.3, -0.25) is 0 Å². The average Bonchev–Trinajstić information content (AvgIpc) is 2.56. The molecule has 2 amide bonds. The molecule has 0 aromatic heterocycles. The first kappa shape index (κ1) is 15.8. The first-order chi connectivity index (χ1) is 11.1. The van der Waals surface area contributed by atoms with Gasteiger partial charge in [-0.2, -0.15) is 0 Å². The van der Waals surface area contributed by atoms with Crippen molar-refractivity contribution in [3.8, 4) is 0 Å². The van der Waals surface area contributed by atoms with Gasteiger partial charge >= 0.3 is 6.03 Å². The number of halogens is 1. The van der Waals surface area contributed by atoms with Gasteiger partial charge < -0.3 is 15.0 Å². The molecule has 1 aliphatic heterocycles. The van der Waals surface area contributed by atoms with E-state index in [1.807, 2.05) is 54.3 Å². The van der Waals surface area contributed by atoms with E-state index in [0.29, 0.717) is 23.9 Å². The Hall–Kier alpha value is -2.04. The third-order valence-corrected chi connectivity index (χ3v) is 4.18. The Kier molecular flexibility index (Phi) is 4.84. The molecule has 1 aliphatic rings. The van der Waals surface area contributed by atoms with E-state index in [-0.39, 0.29) is 18.2 Å². The second-order valence-corrected chi connectivity index (χ2v) is 6.11. The summed E-state index contributed by atoms with van der Waals surface area (Å²) < 4.78 is 5.88. The van der Waals surface area contributed by atoms with Crippen molar-refractivity contribution in [1.82, 2.24) is 4.90 Å². The van der Waals surface area contributed by atoms with Crippen LogP contribution >= 0.6 is 11.6 Å². The Morgan fingerprint density at radius 1 is 1.22 bits per heavy atom. The van der Waals surface area contributed by atoms with E-state index in [9.17, 15) is 4.79 Å². The van der Waals surface area contributed by atoms with Crippen molar-refractivity contribution in [3.05, 3.63) is 65.2 Å². The van der Waals surface area contributed by atoms with Crippen LogP contribution in [0, 0.1) is 0 Å². The zero-order valence-corrected chi connectivity index (χ0v) is 13.7. The highest BCUT2D eigenvalue weighted by Gasteiger charge is 2.30. The first-order valence-corrected chi connectivity index (χ1v) is 8.01. The lowest BCUT2D eigenvalue weighted by Gasteiger charge is -2.38. The molecule has 23 heavy (non-hydrogen) atoms. The molecule has 0 spiro atoms. The predicted molar refractivity (Wildman–Crippen MR) is 91.8 cm³/mol. The van der Waals surface area contributed by atoms with Gasteiger partial charge in [0.2, 0.25) is 0 Å². The predicted octanol–water partition coefficient (Wildman–Crippen LogP) is 4.33. The number of hydrogen-bond acceptors (Lipinski definition) is 2. The van der Waals surface area contributed by atoms with Gasteiger partial charge in [-0.15, -0.1) is 0 Å². The number of rotatable bonds is 2. The molecule has 3 rings (SSSR count). The maximum atomic E-state index is 12.6. The largest absolute Gasteiger partial charge is 0.370 e. The number of carbonyl (C=O) groups is 1. The Labute approximate surface area is 141 Å². The van der Waals surface area contributed by atoms with Gasteiger partial charge in [0.15, 0.2) is 0 Å². The molecule has 2 unspecified atom stereocenters. The van der Waals surface area contributed by atoms with Gasteiger partial charge in [0.25, 0.3) is 0 Å². The van der Waals surface area contributed by atoms with E-state index in [1.54, 1.807) is 12.1 Å². The van der Waals surface area contributed by atoms with E-state index in [0.717, 1.165) is 5.56 Å². The van der Waals surface area contributed by atoms with Gasteiger partial charge in [-0.05, 0) is 30.7 Å². The summed E-state index contributed by atoms with van der Waals surface area (Å²) in [6, 6.07) is 17.0. The number of ether oxygens (including phenoxy) is 1. The normalized spacial score (nSPS) is 21.0. The summed E-state index contributed by atoms with van der Waals surface area (Å²) in [6.07, 6.45) is -0.0995. The fraction of sp³-hybridized carbons (Fsp3) is 0.278. The zero-order valence-electron chi connectivity index (χ0n) is 12.9. The summed E-state index contributed by atoms with van der Waals surface area (Å²) >= 11 is 5.96. The molecule has 0 bridgehead atoms. The number of nitrogens with zero attached hydrogens (tertiary/aromatic N) is 1. The minimum Gasteiger partial charge on any atom is -0.370 e. The number of morpholine rings is 1. The fourth-order valence-electron chi connectivity index (χ4n) is 2.67. The van der Waals surface area contributed by atoms with Crippen molar-refractivity contribution < 1.29 is 9.53 Å². The molecule has 0 radical (unpaired) electrons. The molecule has 2 atom stereocenters. The molecule has 1 saturated heterocycles. The SMILES string of the molecule is CC1COC(c2ccccc2)CN1C(=O)Nc1cccc(Cl)c1. The molecule has 2 aromatic rings. The summed E-state index contributed by atoms with van der Waals surface area (Å²) in [4.78, 5) is 14.4. The van der Waals surface area contributed by atoms with Crippen LogP contribution in [-0.2, 0) is 4.74 Å². The average molecular weight is 331 g/mol. The van der Waals surface area contributed by atoms with E-state index in [2.05, 4.69) is 5.32 Å². The molecule has 0 saturated carbocycles. The molecule has 4 nitrogen and oxygen atoms in total. The second-order valence-electron chi connectivity index (χ2n) is 5.67. The molecule has 0 aliphatic carbocycles. The van der Waals surface area contributed by atoms with Crippen molar-refractivity contribution in [1.29, 1.82) is 0 Å². The third-order valence-electron chi connectivity index (χ3n) is 3.94. The number of carbonyl (C=O) groups excluding carboxylic acids is 1. The van der Waals surface area contributed by atoms with Gasteiger partial charge in [0, 0.05) is 10.7 Å². The van der Waals surface area contributed by atoms with Crippen LogP contribution in [0.2, 0.25) is 5.02 Å². The Balaban J connectivity index is 1.71. The van der Waals surface area contributed by atoms with Crippen LogP contribution in [0.25, 0.3) is 0 Å². The Morgan fingerprint density at radius 2 is 2.00 bits per heavy atom. The van der Waals surface area contributed by atoms with E-state index in [1.165, 1.54) is 0 Å². The summed E-state index contributed by atoms with van der Waals surface area (Å²) in [6.45, 7) is 3.03. The molecule has 1 heterocycles. The minimum absolute atomic E-state index is 0.0224. The van der Waals surface area contributed by atoms with Crippen LogP contribution in [-0.4, -0.2) is 30.1 Å². The number of benzene rings is 2. The van der Waals surface area contributed by atoms with Crippen LogP contribution in [0.1, 0.15) is 18.6 Å². The van der Waals surface area contributed by atoms with Gasteiger partial charge in [-0.25, -0.2) is 4.79 Å². The van der Waals surface area contributed by atoms with Crippen LogP contribution in [0.4, 0.5) is 10.5 Å². The molecule has 2 aromatic carbocycles. The van der Waals surface area contributed by atoms with Crippen molar-refractivity contribution in [2.45, 2.75) is 19.1 Å². The minimum atomic E-state index is -0.135. The fourth-order valence-corrected chi connectivity index (χ4v) is 2.86. The van der Waals surface area contributed by atoms with Crippen molar-refractivity contribution in [2.24, 2.45) is 0 Å². The maximum Gasteiger partial charge on any atom is 0.322 e. The van der Waals surface area contributed by atoms with Gasteiger partial charge in [0.1, 0.15) is 6.10 Å². The topological polar surface area (TPSA) is 41.6 Å². The summed E-state index contributed by atoms with van der Waals surface area (Å²) in [5.74, 6) is 0. The highest BCUT2D eigenvalue weighted by Crippen LogP contribution is 2.25. The molecule has 5 heteroatoms. The maximum absolute atomic E-state index is 12.6. The lowest BCUT2D eigenvalue weighted by atomic mass is 10.1. The summed E-state index contributed by atoms with van der Waals surface area (Å²) in [7, 11) is 0. The molecule has 120 valence electrons. The number of nitrogens with one attached hydrogen (secondary N) is 1. The van der Waals surface area contributed by atoms with Gasteiger partial charge in [0.05, 0.1) is 19.2 Å². The lowest BCUT2D eigenvalue weighted by Crippen LogP contribution is -2.49. The standard InChI is InChI=1S/C18H19ClN2O2/c1-13-12-23-17(14-6-3-2-4-7-14)11-21(13)18(22)20-16-9-5-8-15(19)10-16/h2-10,13,17H,11-12H2,1H3,(H,20,22). The smallest absolute Gasteiger partial charge is 0.322 e. The quantitative estimate of drug-likeness (QED) is 0.890. The Morgan fingerprint density at radius 3 is 2.74 bits per heavy atom. The molecular formula is C18H19ClN2O2. The first-order valence-electron chi connectivity index (χ1n) is 7.63. The number of hydrogen-bond donors (Lipinski definition) is 1. The monoisotopic (exact) mass is 330 g/mol. The van der Waals surface area contributed by atoms with Crippen molar-refractivity contribution in [3.63, 3.8) is 0 Å². The molecule has 1 fully saturated rings. The van der Waals surface area contributed by atoms with E-state index < -0.39 is 0 Å².